The van der Waals surface area contributed by atoms with E-state index in [9.17, 15) is 3.02 Å². The summed E-state index contributed by atoms with van der Waals surface area (Å²) < 4.78 is 28.2. The molecule has 0 fully saturated rings. The Bertz CT molecular complexity index is 294. The number of nitrogen functional groups attached to an aromatic ring is 1. The predicted octanol–water partition coefficient (Wildman–Crippen LogP) is -4.17. The van der Waals surface area contributed by atoms with Crippen LogP contribution in [0.25, 0.3) is 0 Å². The fourth-order valence-corrected chi connectivity index (χ4v) is 2.20. The van der Waals surface area contributed by atoms with Crippen LogP contribution in [0.5, 0.6) is 0 Å². The van der Waals surface area contributed by atoms with Gasteiger partial charge in [0.1, 0.15) is 0 Å². The molecule has 0 spiro atoms. The summed E-state index contributed by atoms with van der Waals surface area (Å²) in [5, 5.41) is 0. The summed E-state index contributed by atoms with van der Waals surface area (Å²) >= 11 is -4.95. The molecule has 0 radical (unpaired) electrons. The third-order valence-corrected chi connectivity index (χ3v) is 4.00. The monoisotopic (exact) mass is 286 g/mol. The second kappa shape index (κ2) is 4.70. The molecule has 0 atom stereocenters. The third kappa shape index (κ3) is 3.52. The molecule has 12 heavy (non-hydrogen) atoms. The normalized spacial score (nSPS) is 10.5. The van der Waals surface area contributed by atoms with Crippen molar-refractivity contribution in [2.45, 2.75) is 0 Å². The van der Waals surface area contributed by atoms with Crippen LogP contribution in [0.15, 0.2) is 24.3 Å². The maximum absolute atomic E-state index is 10.7. The van der Waals surface area contributed by atoms with Crippen LogP contribution in [0.4, 0.5) is 5.69 Å². The topological polar surface area (TPSA) is 83.6 Å². The molecule has 1 aromatic rings. The Morgan fingerprint density at radius 3 is 1.92 bits per heavy atom. The van der Waals surface area contributed by atoms with E-state index in [2.05, 4.69) is 0 Å². The van der Waals surface area contributed by atoms with E-state index in [1.807, 2.05) is 0 Å². The van der Waals surface area contributed by atoms with Crippen LogP contribution in [0, 0.1) is 0 Å². The first-order valence-corrected chi connectivity index (χ1v) is 7.52. The molecule has 1 rings (SSSR count). The van der Waals surface area contributed by atoms with Gasteiger partial charge in [-0.25, -0.2) is 0 Å². The van der Waals surface area contributed by atoms with Crippen molar-refractivity contribution >= 4 is 28.8 Å². The standard InChI is InChI=1S/C6H6N.Na.2H2O.O.Sb/c7-6-4-2-1-3-5-6;;;;;/h2-5H,7H2;;2*1H2;;/q;+1;;;;+2/p-2. The fraction of sp³-hybridized carbons (Fsp3) is 0. The van der Waals surface area contributed by atoms with E-state index >= 15 is 0 Å². The van der Waals surface area contributed by atoms with Gasteiger partial charge in [0.25, 0.3) is 0 Å². The Balaban J connectivity index is 0.00000121. The molecule has 0 aromatic heterocycles. The molecule has 0 aliphatic carbocycles. The average Bonchev–Trinajstić information content (AvgIpc) is 1.86. The Kier molecular flexibility index (Phi) is 4.92. The molecule has 0 saturated heterocycles. The zero-order valence-corrected chi connectivity index (χ0v) is 11.2. The van der Waals surface area contributed by atoms with Crippen molar-refractivity contribution in [3.63, 3.8) is 0 Å². The maximum atomic E-state index is 10.7. The van der Waals surface area contributed by atoms with Crippen molar-refractivity contribution in [3.05, 3.63) is 24.3 Å². The van der Waals surface area contributed by atoms with Crippen molar-refractivity contribution in [3.8, 4) is 0 Å². The van der Waals surface area contributed by atoms with E-state index in [0.29, 0.717) is 5.69 Å². The fourth-order valence-electron chi connectivity index (χ4n) is 0.669. The Labute approximate surface area is 97.2 Å². The number of anilines is 1. The number of hydrogen-bond donors (Lipinski definition) is 3. The molecule has 0 heterocycles. The van der Waals surface area contributed by atoms with Gasteiger partial charge in [0.05, 0.1) is 0 Å². The second-order valence-electron chi connectivity index (χ2n) is 2.14. The summed E-state index contributed by atoms with van der Waals surface area (Å²) in [5.74, 6) is 0. The molecule has 6 heteroatoms. The molecule has 0 bridgehead atoms. The molecule has 4 nitrogen and oxygen atoms in total. The summed E-state index contributed by atoms with van der Waals surface area (Å²) in [5.41, 5.74) is 5.83. The van der Waals surface area contributed by atoms with Crippen molar-refractivity contribution < 1.29 is 39.3 Å². The average molecular weight is 287 g/mol. The molecule has 0 unspecified atom stereocenters. The van der Waals surface area contributed by atoms with Gasteiger partial charge in [0.15, 0.2) is 0 Å². The van der Waals surface area contributed by atoms with E-state index in [0.717, 1.165) is 0 Å². The van der Waals surface area contributed by atoms with Crippen molar-refractivity contribution in [2.75, 3.05) is 5.73 Å². The van der Waals surface area contributed by atoms with E-state index in [1.165, 1.54) is 24.3 Å². The van der Waals surface area contributed by atoms with Gasteiger partial charge in [0, 0.05) is 0 Å². The number of nitrogens with two attached hydrogens (primary N) is 1. The van der Waals surface area contributed by atoms with Gasteiger partial charge in [-0.3, -0.25) is 0 Å². The van der Waals surface area contributed by atoms with Crippen molar-refractivity contribution in [1.29, 1.82) is 0 Å². The van der Waals surface area contributed by atoms with E-state index in [1.54, 1.807) is 0 Å². The first-order chi connectivity index (χ1) is 5.00. The van der Waals surface area contributed by atoms with Crippen LogP contribution in [-0.4, -0.2) is 26.4 Å². The van der Waals surface area contributed by atoms with Gasteiger partial charge in [-0.05, 0) is 0 Å². The summed E-state index contributed by atoms with van der Waals surface area (Å²) in [6, 6.07) is 5.66. The van der Waals surface area contributed by atoms with E-state index < -0.39 is 19.6 Å². The second-order valence-corrected chi connectivity index (χ2v) is 6.71. The Morgan fingerprint density at radius 1 is 1.17 bits per heavy atom. The Hall–Kier alpha value is 0.558. The van der Waals surface area contributed by atoms with Crippen LogP contribution in [0.3, 0.4) is 0 Å². The van der Waals surface area contributed by atoms with Crippen LogP contribution in [0.2, 0.25) is 0 Å². The molecular weight excluding hydrogens is 279 g/mol. The summed E-state index contributed by atoms with van der Waals surface area (Å²) in [7, 11) is 0. The molecule has 4 N–H and O–H groups in total. The van der Waals surface area contributed by atoms with Crippen LogP contribution < -0.4 is 38.8 Å². The number of rotatable bonds is 1. The summed E-state index contributed by atoms with van der Waals surface area (Å²) in [4.78, 5) is 0. The molecule has 0 saturated carbocycles. The van der Waals surface area contributed by atoms with Gasteiger partial charge in [-0.1, -0.05) is 0 Å². The largest absolute Gasteiger partial charge is 1.00 e. The molecule has 1 aromatic carbocycles. The van der Waals surface area contributed by atoms with Crippen LogP contribution >= 0.6 is 0 Å². The van der Waals surface area contributed by atoms with Crippen LogP contribution in [0.1, 0.15) is 0 Å². The molecule has 0 aliphatic heterocycles. The van der Waals surface area contributed by atoms with Crippen molar-refractivity contribution in [1.82, 2.24) is 0 Å². The summed E-state index contributed by atoms with van der Waals surface area (Å²) in [6.07, 6.45) is 0. The van der Waals surface area contributed by atoms with E-state index in [4.69, 9.17) is 12.5 Å². The zero-order valence-electron chi connectivity index (χ0n) is 6.64. The minimum absolute atomic E-state index is 0. The number of hydrogen-bond acceptors (Lipinski definition) is 2. The smallest absolute Gasteiger partial charge is 1.00 e. The molecular formula is C6H8NNaO3Sb+. The quantitative estimate of drug-likeness (QED) is 0.361. The van der Waals surface area contributed by atoms with Gasteiger partial charge < -0.3 is 0 Å². The zero-order chi connectivity index (χ0) is 8.48. The molecule has 60 valence electrons. The van der Waals surface area contributed by atoms with Crippen LogP contribution in [-0.2, 0) is 3.02 Å². The first kappa shape index (κ1) is 12.6. The minimum Gasteiger partial charge on any atom is 1.00 e. The van der Waals surface area contributed by atoms with Gasteiger partial charge in [-0.2, -0.15) is 0 Å². The van der Waals surface area contributed by atoms with E-state index in [-0.39, 0.29) is 33.1 Å². The number of benzene rings is 1. The maximum Gasteiger partial charge on any atom is 1.00 e. The summed E-state index contributed by atoms with van der Waals surface area (Å²) in [6.45, 7) is 0. The third-order valence-electron chi connectivity index (χ3n) is 1.23. The SMILES string of the molecule is Nc1cc[c]([Sb](=[O])([OH])[OH])cc1.[Na+]. The van der Waals surface area contributed by atoms with Crippen molar-refractivity contribution in [2.24, 2.45) is 0 Å². The van der Waals surface area contributed by atoms with Gasteiger partial charge >= 0.3 is 98.2 Å². The molecule has 0 amide bonds. The van der Waals surface area contributed by atoms with Gasteiger partial charge in [-0.15, -0.1) is 0 Å². The minimum atomic E-state index is -4.95. The first-order valence-electron chi connectivity index (χ1n) is 2.92. The Morgan fingerprint density at radius 2 is 1.58 bits per heavy atom. The molecule has 0 aliphatic rings. The van der Waals surface area contributed by atoms with Gasteiger partial charge in [0.2, 0.25) is 0 Å². The predicted molar refractivity (Wildman–Crippen MR) is 41.4 cm³/mol.